The van der Waals surface area contributed by atoms with Gasteiger partial charge in [0.2, 0.25) is 0 Å². The van der Waals surface area contributed by atoms with Crippen molar-refractivity contribution in [1.82, 2.24) is 10.3 Å². The third-order valence-electron chi connectivity index (χ3n) is 2.88. The molecule has 0 spiro atoms. The number of nitrogens with one attached hydrogen (secondary N) is 1. The second-order valence-electron chi connectivity index (χ2n) is 4.30. The van der Waals surface area contributed by atoms with Gasteiger partial charge in [0.1, 0.15) is 0 Å². The third-order valence-corrected chi connectivity index (χ3v) is 3.13. The van der Waals surface area contributed by atoms with Crippen molar-refractivity contribution in [3.8, 4) is 0 Å². The highest BCUT2D eigenvalue weighted by Crippen LogP contribution is 2.18. The number of nitrogens with two attached hydrogens (primary N) is 1. The van der Waals surface area contributed by atoms with Crippen LogP contribution < -0.4 is 11.1 Å². The van der Waals surface area contributed by atoms with Crippen molar-refractivity contribution >= 4 is 23.3 Å². The van der Waals surface area contributed by atoms with E-state index in [2.05, 4.69) is 10.3 Å². The molecule has 2 aromatic rings. The number of rotatable bonds is 3. The Morgan fingerprint density at radius 3 is 2.65 bits per heavy atom. The Morgan fingerprint density at radius 1 is 1.35 bits per heavy atom. The summed E-state index contributed by atoms with van der Waals surface area (Å²) in [6.07, 6.45) is 1.29. The van der Waals surface area contributed by atoms with Gasteiger partial charge in [0.15, 0.2) is 11.6 Å². The van der Waals surface area contributed by atoms with Crippen molar-refractivity contribution in [1.29, 1.82) is 0 Å². The topological polar surface area (TPSA) is 68.0 Å². The molecule has 1 aromatic heterocycles. The van der Waals surface area contributed by atoms with Crippen LogP contribution in [-0.2, 0) is 0 Å². The molecule has 0 bridgehead atoms. The highest BCUT2D eigenvalue weighted by Gasteiger charge is 2.17. The van der Waals surface area contributed by atoms with Gasteiger partial charge in [-0.3, -0.25) is 4.79 Å². The van der Waals surface area contributed by atoms with E-state index >= 15 is 0 Å². The molecule has 104 valence electrons. The van der Waals surface area contributed by atoms with Crippen LogP contribution in [0.1, 0.15) is 28.9 Å². The maximum Gasteiger partial charge on any atom is 0.254 e. The van der Waals surface area contributed by atoms with Crippen LogP contribution >= 0.6 is 11.6 Å². The molecule has 1 atom stereocenters. The molecule has 20 heavy (non-hydrogen) atoms. The quantitative estimate of drug-likeness (QED) is 0.914. The first kappa shape index (κ1) is 14.3. The predicted octanol–water partition coefficient (Wildman–Crippen LogP) is 2.95. The lowest BCUT2D eigenvalue weighted by atomic mass is 10.1. The van der Waals surface area contributed by atoms with E-state index in [9.17, 15) is 9.18 Å². The van der Waals surface area contributed by atoms with Crippen LogP contribution in [0.15, 0.2) is 36.5 Å². The SMILES string of the molecule is CC(NC(=O)c1ccnc(N)c1F)c1ccc(Cl)cc1. The zero-order valence-corrected chi connectivity index (χ0v) is 11.5. The monoisotopic (exact) mass is 293 g/mol. The molecule has 1 heterocycles. The fourth-order valence-electron chi connectivity index (χ4n) is 1.74. The van der Waals surface area contributed by atoms with Gasteiger partial charge in [0.25, 0.3) is 5.91 Å². The summed E-state index contributed by atoms with van der Waals surface area (Å²) < 4.78 is 13.7. The van der Waals surface area contributed by atoms with Gasteiger partial charge in [0.05, 0.1) is 11.6 Å². The Bertz CT molecular complexity index is 631. The molecule has 1 amide bonds. The van der Waals surface area contributed by atoms with E-state index in [4.69, 9.17) is 17.3 Å². The fourth-order valence-corrected chi connectivity index (χ4v) is 1.87. The van der Waals surface area contributed by atoms with E-state index < -0.39 is 11.7 Å². The Kier molecular flexibility index (Phi) is 4.20. The van der Waals surface area contributed by atoms with E-state index in [1.807, 2.05) is 0 Å². The highest BCUT2D eigenvalue weighted by molar-refractivity contribution is 6.30. The van der Waals surface area contributed by atoms with Crippen LogP contribution in [0.4, 0.5) is 10.2 Å². The first-order valence-corrected chi connectivity index (χ1v) is 6.33. The summed E-state index contributed by atoms with van der Waals surface area (Å²) in [5.74, 6) is -1.65. The zero-order valence-electron chi connectivity index (χ0n) is 10.7. The molecule has 0 radical (unpaired) electrons. The summed E-state index contributed by atoms with van der Waals surface area (Å²) in [7, 11) is 0. The number of pyridine rings is 1. The lowest BCUT2D eigenvalue weighted by molar-refractivity contribution is 0.0936. The van der Waals surface area contributed by atoms with E-state index in [0.29, 0.717) is 5.02 Å². The Labute approximate surface area is 120 Å². The van der Waals surface area contributed by atoms with Gasteiger partial charge in [-0.2, -0.15) is 0 Å². The van der Waals surface area contributed by atoms with Crippen molar-refractivity contribution < 1.29 is 9.18 Å². The molecule has 0 fully saturated rings. The molecule has 6 heteroatoms. The van der Waals surface area contributed by atoms with E-state index in [0.717, 1.165) is 5.56 Å². The molecule has 0 aliphatic heterocycles. The normalized spacial score (nSPS) is 11.9. The van der Waals surface area contributed by atoms with E-state index in [1.165, 1.54) is 12.3 Å². The highest BCUT2D eigenvalue weighted by atomic mass is 35.5. The first-order chi connectivity index (χ1) is 9.49. The minimum absolute atomic E-state index is 0.127. The largest absolute Gasteiger partial charge is 0.381 e. The van der Waals surface area contributed by atoms with Gasteiger partial charge in [-0.15, -0.1) is 0 Å². The predicted molar refractivity (Wildman–Crippen MR) is 75.9 cm³/mol. The number of nitrogen functional groups attached to an aromatic ring is 1. The second-order valence-corrected chi connectivity index (χ2v) is 4.74. The van der Waals surface area contributed by atoms with Crippen molar-refractivity contribution in [3.05, 3.63) is 58.5 Å². The molecule has 0 aliphatic carbocycles. The maximum absolute atomic E-state index is 13.7. The van der Waals surface area contributed by atoms with Crippen LogP contribution in [0.2, 0.25) is 5.02 Å². The number of halogens is 2. The molecule has 4 nitrogen and oxygen atoms in total. The van der Waals surface area contributed by atoms with Gasteiger partial charge in [-0.25, -0.2) is 9.37 Å². The van der Waals surface area contributed by atoms with Crippen molar-refractivity contribution in [2.45, 2.75) is 13.0 Å². The number of nitrogens with zero attached hydrogens (tertiary/aromatic N) is 1. The molecule has 0 aliphatic rings. The van der Waals surface area contributed by atoms with Crippen LogP contribution in [0, 0.1) is 5.82 Å². The summed E-state index contributed by atoms with van der Waals surface area (Å²) in [5.41, 5.74) is 6.08. The average Bonchev–Trinajstić information content (AvgIpc) is 2.42. The van der Waals surface area contributed by atoms with Gasteiger partial charge >= 0.3 is 0 Å². The lowest BCUT2D eigenvalue weighted by Gasteiger charge is -2.15. The molecule has 3 N–H and O–H groups in total. The van der Waals surface area contributed by atoms with Crippen molar-refractivity contribution in [2.75, 3.05) is 5.73 Å². The Balaban J connectivity index is 2.15. The van der Waals surface area contributed by atoms with Crippen molar-refractivity contribution in [2.24, 2.45) is 0 Å². The van der Waals surface area contributed by atoms with Gasteiger partial charge in [0, 0.05) is 11.2 Å². The fraction of sp³-hybridized carbons (Fsp3) is 0.143. The number of hydrogen-bond acceptors (Lipinski definition) is 3. The van der Waals surface area contributed by atoms with Crippen LogP contribution in [0.3, 0.4) is 0 Å². The number of carbonyl (C=O) groups excluding carboxylic acids is 1. The van der Waals surface area contributed by atoms with Crippen LogP contribution in [-0.4, -0.2) is 10.9 Å². The number of benzene rings is 1. The number of aromatic nitrogens is 1. The summed E-state index contributed by atoms with van der Waals surface area (Å²) in [6, 6.07) is 8.05. The Hall–Kier alpha value is -2.14. The molecular weight excluding hydrogens is 281 g/mol. The van der Waals surface area contributed by atoms with Gasteiger partial charge in [-0.1, -0.05) is 23.7 Å². The Morgan fingerprint density at radius 2 is 2.00 bits per heavy atom. The average molecular weight is 294 g/mol. The van der Waals surface area contributed by atoms with Crippen molar-refractivity contribution in [3.63, 3.8) is 0 Å². The second kappa shape index (κ2) is 5.88. The molecule has 0 saturated carbocycles. The standard InChI is InChI=1S/C14H13ClFN3O/c1-8(9-2-4-10(15)5-3-9)19-14(20)11-6-7-18-13(17)12(11)16/h2-8H,1H3,(H2,17,18)(H,19,20). The third kappa shape index (κ3) is 3.05. The van der Waals surface area contributed by atoms with Gasteiger partial charge < -0.3 is 11.1 Å². The van der Waals surface area contributed by atoms with E-state index in [1.54, 1.807) is 31.2 Å². The smallest absolute Gasteiger partial charge is 0.254 e. The van der Waals surface area contributed by atoms with E-state index in [-0.39, 0.29) is 17.4 Å². The first-order valence-electron chi connectivity index (χ1n) is 5.95. The summed E-state index contributed by atoms with van der Waals surface area (Å²) in [4.78, 5) is 15.6. The number of amides is 1. The lowest BCUT2D eigenvalue weighted by Crippen LogP contribution is -2.27. The number of anilines is 1. The molecule has 0 saturated heterocycles. The number of hydrogen-bond donors (Lipinski definition) is 2. The maximum atomic E-state index is 13.7. The van der Waals surface area contributed by atoms with Gasteiger partial charge in [-0.05, 0) is 30.7 Å². The minimum atomic E-state index is -0.812. The zero-order chi connectivity index (χ0) is 14.7. The van der Waals surface area contributed by atoms with Crippen LogP contribution in [0.25, 0.3) is 0 Å². The molecule has 1 aromatic carbocycles. The number of carbonyl (C=O) groups is 1. The van der Waals surface area contributed by atoms with Crippen LogP contribution in [0.5, 0.6) is 0 Å². The summed E-state index contributed by atoms with van der Waals surface area (Å²) in [6.45, 7) is 1.80. The molecule has 1 unspecified atom stereocenters. The summed E-state index contributed by atoms with van der Waals surface area (Å²) >= 11 is 5.80. The molecular formula is C14H13ClFN3O. The molecule has 2 rings (SSSR count). The minimum Gasteiger partial charge on any atom is -0.381 e. The summed E-state index contributed by atoms with van der Waals surface area (Å²) in [5, 5.41) is 3.31.